The number of aliphatic hydroxyl groups is 1. The van der Waals surface area contributed by atoms with Gasteiger partial charge in [0.1, 0.15) is 6.10 Å². The third-order valence-corrected chi connectivity index (χ3v) is 7.00. The zero-order valence-corrected chi connectivity index (χ0v) is 24.3. The van der Waals surface area contributed by atoms with Crippen LogP contribution in [0, 0.1) is 0 Å². The van der Waals surface area contributed by atoms with Crippen LogP contribution in [-0.4, -0.2) is 35.7 Å². The van der Waals surface area contributed by atoms with Crippen LogP contribution in [-0.2, 0) is 9.53 Å². The summed E-state index contributed by atoms with van der Waals surface area (Å²) in [5.74, 6) is -0.567. The SMILES string of the molecule is CCCCCCCCCCCCCC=C[C@@H](OC(=O)c1ccccc1)[C@H](CO)NC(=O)CCCCCCC. The van der Waals surface area contributed by atoms with Crippen molar-refractivity contribution < 1.29 is 19.4 Å². The lowest BCUT2D eigenvalue weighted by atomic mass is 10.0. The number of hydrogen-bond donors (Lipinski definition) is 2. The molecule has 0 radical (unpaired) electrons. The van der Waals surface area contributed by atoms with Crippen LogP contribution in [0.2, 0.25) is 0 Å². The van der Waals surface area contributed by atoms with E-state index in [1.165, 1.54) is 77.0 Å². The largest absolute Gasteiger partial charge is 0.452 e. The van der Waals surface area contributed by atoms with E-state index in [-0.39, 0.29) is 12.5 Å². The number of aliphatic hydroxyl groups excluding tert-OH is 1. The van der Waals surface area contributed by atoms with E-state index in [9.17, 15) is 14.7 Å². The van der Waals surface area contributed by atoms with Crippen molar-refractivity contribution in [1.29, 1.82) is 0 Å². The van der Waals surface area contributed by atoms with Gasteiger partial charge in [0.25, 0.3) is 0 Å². The number of allylic oxidation sites excluding steroid dienone is 1. The van der Waals surface area contributed by atoms with E-state index in [0.717, 1.165) is 32.1 Å². The van der Waals surface area contributed by atoms with Crippen molar-refractivity contribution in [2.24, 2.45) is 0 Å². The molecule has 38 heavy (non-hydrogen) atoms. The standard InChI is InChI=1S/C33H55NO4/c1-3-5-7-9-10-11-12-13-14-15-16-18-22-26-31(38-33(37)29-24-20-19-21-25-29)30(28-35)34-32(36)27-23-17-8-6-4-2/h19-22,24-26,30-31,35H,3-18,23,27-28H2,1-2H3,(H,34,36)/t30-,31+/m0/s1. The predicted molar refractivity (Wildman–Crippen MR) is 158 cm³/mol. The normalized spacial score (nSPS) is 12.9. The third-order valence-electron chi connectivity index (χ3n) is 7.00. The van der Waals surface area contributed by atoms with Gasteiger partial charge in [-0.25, -0.2) is 4.79 Å². The first-order chi connectivity index (χ1) is 18.6. The summed E-state index contributed by atoms with van der Waals surface area (Å²) in [7, 11) is 0. The molecule has 0 bridgehead atoms. The van der Waals surface area contributed by atoms with Gasteiger partial charge >= 0.3 is 5.97 Å². The van der Waals surface area contributed by atoms with Crippen LogP contribution >= 0.6 is 0 Å². The fourth-order valence-electron chi connectivity index (χ4n) is 4.58. The number of unbranched alkanes of at least 4 members (excludes halogenated alkanes) is 15. The first-order valence-electron chi connectivity index (χ1n) is 15.4. The topological polar surface area (TPSA) is 75.6 Å². The molecule has 5 nitrogen and oxygen atoms in total. The lowest BCUT2D eigenvalue weighted by Gasteiger charge is -2.24. The maximum atomic E-state index is 12.7. The lowest BCUT2D eigenvalue weighted by molar-refractivity contribution is -0.123. The number of hydrogen-bond acceptors (Lipinski definition) is 4. The summed E-state index contributed by atoms with van der Waals surface area (Å²) in [5.41, 5.74) is 0.454. The first kappa shape index (κ1) is 33.9. The highest BCUT2D eigenvalue weighted by atomic mass is 16.5. The third kappa shape index (κ3) is 17.4. The molecule has 216 valence electrons. The quantitative estimate of drug-likeness (QED) is 0.0802. The van der Waals surface area contributed by atoms with Gasteiger partial charge in [-0.1, -0.05) is 128 Å². The maximum Gasteiger partial charge on any atom is 0.338 e. The molecule has 5 heteroatoms. The van der Waals surface area contributed by atoms with E-state index in [2.05, 4.69) is 19.2 Å². The Labute approximate surface area is 232 Å². The Bertz CT molecular complexity index is 734. The van der Waals surface area contributed by atoms with E-state index in [0.29, 0.717) is 12.0 Å². The Morgan fingerprint density at radius 1 is 0.789 bits per heavy atom. The van der Waals surface area contributed by atoms with E-state index >= 15 is 0 Å². The summed E-state index contributed by atoms with van der Waals surface area (Å²) < 4.78 is 5.75. The van der Waals surface area contributed by atoms with Crippen molar-refractivity contribution in [3.63, 3.8) is 0 Å². The molecule has 1 amide bonds. The van der Waals surface area contributed by atoms with Crippen LogP contribution in [0.25, 0.3) is 0 Å². The molecule has 0 aliphatic heterocycles. The van der Waals surface area contributed by atoms with Crippen molar-refractivity contribution in [2.75, 3.05) is 6.61 Å². The molecule has 2 N–H and O–H groups in total. The summed E-state index contributed by atoms with van der Waals surface area (Å²) in [6.45, 7) is 4.13. The van der Waals surface area contributed by atoms with Crippen LogP contribution in [0.15, 0.2) is 42.5 Å². The number of carbonyl (C=O) groups excluding carboxylic acids is 2. The molecule has 0 aromatic heterocycles. The Hall–Kier alpha value is -2.14. The van der Waals surface area contributed by atoms with E-state index in [4.69, 9.17) is 4.74 Å². The summed E-state index contributed by atoms with van der Waals surface area (Å²) in [5, 5.41) is 12.9. The monoisotopic (exact) mass is 529 g/mol. The number of ether oxygens (including phenoxy) is 1. The number of rotatable bonds is 24. The molecule has 1 aromatic rings. The van der Waals surface area contributed by atoms with Gasteiger partial charge in [0.15, 0.2) is 0 Å². The fourth-order valence-corrected chi connectivity index (χ4v) is 4.58. The molecule has 0 fully saturated rings. The minimum Gasteiger partial charge on any atom is -0.452 e. The van der Waals surface area contributed by atoms with E-state index < -0.39 is 18.1 Å². The van der Waals surface area contributed by atoms with Gasteiger partial charge in [0, 0.05) is 6.42 Å². The van der Waals surface area contributed by atoms with Crippen molar-refractivity contribution in [1.82, 2.24) is 5.32 Å². The number of amides is 1. The van der Waals surface area contributed by atoms with E-state index in [1.807, 2.05) is 18.2 Å². The Kier molecular flexibility index (Phi) is 21.3. The first-order valence-corrected chi connectivity index (χ1v) is 15.4. The number of nitrogens with one attached hydrogen (secondary N) is 1. The average Bonchev–Trinajstić information content (AvgIpc) is 2.94. The lowest BCUT2D eigenvalue weighted by Crippen LogP contribution is -2.46. The molecule has 0 spiro atoms. The van der Waals surface area contributed by atoms with Crippen molar-refractivity contribution in [2.45, 2.75) is 142 Å². The Morgan fingerprint density at radius 2 is 1.32 bits per heavy atom. The summed E-state index contributed by atoms with van der Waals surface area (Å²) in [6, 6.07) is 8.17. The number of carbonyl (C=O) groups is 2. The van der Waals surface area contributed by atoms with Gasteiger partial charge in [0.2, 0.25) is 5.91 Å². The molecule has 0 aliphatic rings. The van der Waals surface area contributed by atoms with Crippen LogP contribution < -0.4 is 5.32 Å². The number of esters is 1. The van der Waals surface area contributed by atoms with Gasteiger partial charge in [-0.3, -0.25) is 4.79 Å². The van der Waals surface area contributed by atoms with Crippen LogP contribution in [0.5, 0.6) is 0 Å². The number of benzene rings is 1. The van der Waals surface area contributed by atoms with Gasteiger partial charge in [-0.2, -0.15) is 0 Å². The molecule has 0 aliphatic carbocycles. The highest BCUT2D eigenvalue weighted by Gasteiger charge is 2.24. The van der Waals surface area contributed by atoms with Gasteiger partial charge in [0.05, 0.1) is 18.2 Å². The van der Waals surface area contributed by atoms with Crippen molar-refractivity contribution >= 4 is 11.9 Å². The predicted octanol–water partition coefficient (Wildman–Crippen LogP) is 8.31. The molecule has 0 heterocycles. The van der Waals surface area contributed by atoms with Crippen molar-refractivity contribution in [3.05, 3.63) is 48.0 Å². The Balaban J connectivity index is 2.49. The van der Waals surface area contributed by atoms with Crippen LogP contribution in [0.4, 0.5) is 0 Å². The highest BCUT2D eigenvalue weighted by molar-refractivity contribution is 5.89. The van der Waals surface area contributed by atoms with Gasteiger partial charge in [-0.05, 0) is 37.5 Å². The molecule has 1 rings (SSSR count). The zero-order valence-electron chi connectivity index (χ0n) is 24.3. The molecule has 2 atom stereocenters. The van der Waals surface area contributed by atoms with Crippen LogP contribution in [0.3, 0.4) is 0 Å². The summed E-state index contributed by atoms with van der Waals surface area (Å²) in [4.78, 5) is 25.2. The molecular weight excluding hydrogens is 474 g/mol. The molecule has 0 saturated carbocycles. The van der Waals surface area contributed by atoms with Crippen LogP contribution in [0.1, 0.15) is 140 Å². The molecule has 0 saturated heterocycles. The van der Waals surface area contributed by atoms with Gasteiger partial charge in [-0.15, -0.1) is 0 Å². The van der Waals surface area contributed by atoms with E-state index in [1.54, 1.807) is 24.3 Å². The summed E-state index contributed by atoms with van der Waals surface area (Å²) >= 11 is 0. The molecule has 1 aromatic carbocycles. The fraction of sp³-hybridized carbons (Fsp3) is 0.697. The Morgan fingerprint density at radius 3 is 1.87 bits per heavy atom. The maximum absolute atomic E-state index is 12.7. The average molecular weight is 530 g/mol. The second-order valence-electron chi connectivity index (χ2n) is 10.5. The second-order valence-corrected chi connectivity index (χ2v) is 10.5. The summed E-state index contributed by atoms with van der Waals surface area (Å²) in [6.07, 6.45) is 24.1. The van der Waals surface area contributed by atoms with Gasteiger partial charge < -0.3 is 15.2 Å². The zero-order chi connectivity index (χ0) is 27.7. The smallest absolute Gasteiger partial charge is 0.338 e. The molecular formula is C33H55NO4. The van der Waals surface area contributed by atoms with Crippen molar-refractivity contribution in [3.8, 4) is 0 Å². The minimum absolute atomic E-state index is 0.111. The second kappa shape index (κ2) is 23.9. The molecule has 0 unspecified atom stereocenters. The minimum atomic E-state index is -0.718. The highest BCUT2D eigenvalue weighted by Crippen LogP contribution is 2.14.